The smallest absolute Gasteiger partial charge is 0.224 e. The normalized spacial score (nSPS) is 17.0. The summed E-state index contributed by atoms with van der Waals surface area (Å²) in [6.07, 6.45) is 2.38. The highest BCUT2D eigenvalue weighted by molar-refractivity contribution is 5.94. The number of anilines is 2. The number of piperazine rings is 1. The Labute approximate surface area is 180 Å². The molecule has 5 heteroatoms. The molecular formula is C25H33N3O2. The van der Waals surface area contributed by atoms with Gasteiger partial charge in [0.1, 0.15) is 5.75 Å². The van der Waals surface area contributed by atoms with Gasteiger partial charge in [-0.05, 0) is 60.2 Å². The van der Waals surface area contributed by atoms with E-state index in [4.69, 9.17) is 4.74 Å². The van der Waals surface area contributed by atoms with Gasteiger partial charge in [0.05, 0.1) is 6.61 Å². The SMILES string of the molecule is CC(C)c1ccc(N2CCN(CCCOc3ccc4c(c3)CCC(=O)N4)CC2)cc1. The summed E-state index contributed by atoms with van der Waals surface area (Å²) in [6, 6.07) is 15.0. The van der Waals surface area contributed by atoms with Crippen LogP contribution in [0.1, 0.15) is 43.7 Å². The second kappa shape index (κ2) is 9.52. The molecule has 1 amide bonds. The van der Waals surface area contributed by atoms with Crippen LogP contribution >= 0.6 is 0 Å². The van der Waals surface area contributed by atoms with Crippen LogP contribution in [0.25, 0.3) is 0 Å². The molecule has 0 radical (unpaired) electrons. The summed E-state index contributed by atoms with van der Waals surface area (Å²) in [5, 5.41) is 2.92. The van der Waals surface area contributed by atoms with Crippen molar-refractivity contribution in [1.82, 2.24) is 4.90 Å². The molecule has 0 aromatic heterocycles. The first-order valence-corrected chi connectivity index (χ1v) is 11.2. The number of nitrogens with one attached hydrogen (secondary N) is 1. The van der Waals surface area contributed by atoms with E-state index in [1.165, 1.54) is 16.8 Å². The van der Waals surface area contributed by atoms with Crippen LogP contribution in [0.15, 0.2) is 42.5 Å². The van der Waals surface area contributed by atoms with Gasteiger partial charge in [0.25, 0.3) is 0 Å². The highest BCUT2D eigenvalue weighted by Gasteiger charge is 2.17. The van der Waals surface area contributed by atoms with E-state index in [1.54, 1.807) is 0 Å². The quantitative estimate of drug-likeness (QED) is 0.696. The van der Waals surface area contributed by atoms with Gasteiger partial charge in [-0.1, -0.05) is 26.0 Å². The number of carbonyl (C=O) groups excluding carboxylic acids is 1. The van der Waals surface area contributed by atoms with Crippen LogP contribution in [-0.2, 0) is 11.2 Å². The lowest BCUT2D eigenvalue weighted by Gasteiger charge is -2.36. The van der Waals surface area contributed by atoms with Gasteiger partial charge in [0.2, 0.25) is 5.91 Å². The van der Waals surface area contributed by atoms with Crippen molar-refractivity contribution < 1.29 is 9.53 Å². The van der Waals surface area contributed by atoms with Crippen LogP contribution in [0, 0.1) is 0 Å². The minimum atomic E-state index is 0.101. The fraction of sp³-hybridized carbons (Fsp3) is 0.480. The first-order valence-electron chi connectivity index (χ1n) is 11.2. The summed E-state index contributed by atoms with van der Waals surface area (Å²) < 4.78 is 5.96. The second-order valence-corrected chi connectivity index (χ2v) is 8.64. The molecular weight excluding hydrogens is 374 g/mol. The molecule has 0 bridgehead atoms. The lowest BCUT2D eigenvalue weighted by molar-refractivity contribution is -0.116. The Kier molecular flexibility index (Phi) is 6.58. The summed E-state index contributed by atoms with van der Waals surface area (Å²) in [5.74, 6) is 1.59. The van der Waals surface area contributed by atoms with Crippen molar-refractivity contribution in [2.75, 3.05) is 49.5 Å². The first-order chi connectivity index (χ1) is 14.6. The highest BCUT2D eigenvalue weighted by Crippen LogP contribution is 2.27. The minimum absolute atomic E-state index is 0.101. The first kappa shape index (κ1) is 20.7. The number of hydrogen-bond acceptors (Lipinski definition) is 4. The Bertz CT molecular complexity index is 855. The Morgan fingerprint density at radius 2 is 1.77 bits per heavy atom. The molecule has 0 aliphatic carbocycles. The third kappa shape index (κ3) is 5.14. The van der Waals surface area contributed by atoms with E-state index in [0.29, 0.717) is 12.3 Å². The predicted octanol–water partition coefficient (Wildman–Crippen LogP) is 4.29. The molecule has 160 valence electrons. The minimum Gasteiger partial charge on any atom is -0.494 e. The summed E-state index contributed by atoms with van der Waals surface area (Å²) in [5.41, 5.74) is 4.84. The Morgan fingerprint density at radius 3 is 2.50 bits per heavy atom. The van der Waals surface area contributed by atoms with E-state index in [9.17, 15) is 4.79 Å². The molecule has 4 rings (SSSR count). The maximum Gasteiger partial charge on any atom is 0.224 e. The van der Waals surface area contributed by atoms with E-state index in [0.717, 1.165) is 63.6 Å². The third-order valence-electron chi connectivity index (χ3n) is 6.16. The Hall–Kier alpha value is -2.53. The van der Waals surface area contributed by atoms with Gasteiger partial charge in [-0.25, -0.2) is 0 Å². The van der Waals surface area contributed by atoms with Crippen molar-refractivity contribution in [3.05, 3.63) is 53.6 Å². The molecule has 0 atom stereocenters. The maximum atomic E-state index is 11.5. The molecule has 2 heterocycles. The topological polar surface area (TPSA) is 44.8 Å². The van der Waals surface area contributed by atoms with Crippen molar-refractivity contribution in [1.29, 1.82) is 0 Å². The molecule has 0 spiro atoms. The molecule has 0 unspecified atom stereocenters. The van der Waals surface area contributed by atoms with Crippen LogP contribution in [-0.4, -0.2) is 50.1 Å². The number of amides is 1. The summed E-state index contributed by atoms with van der Waals surface area (Å²) >= 11 is 0. The molecule has 2 aliphatic rings. The fourth-order valence-electron chi connectivity index (χ4n) is 4.23. The Balaban J connectivity index is 1.17. The zero-order valence-corrected chi connectivity index (χ0v) is 18.2. The summed E-state index contributed by atoms with van der Waals surface area (Å²) in [6.45, 7) is 10.6. The largest absolute Gasteiger partial charge is 0.494 e. The second-order valence-electron chi connectivity index (χ2n) is 8.64. The van der Waals surface area contributed by atoms with E-state index >= 15 is 0 Å². The van der Waals surface area contributed by atoms with Crippen LogP contribution in [0.4, 0.5) is 11.4 Å². The molecule has 1 fully saturated rings. The number of hydrogen-bond donors (Lipinski definition) is 1. The average Bonchev–Trinajstić information content (AvgIpc) is 2.77. The van der Waals surface area contributed by atoms with Gasteiger partial charge in [0.15, 0.2) is 0 Å². The van der Waals surface area contributed by atoms with Gasteiger partial charge in [-0.3, -0.25) is 9.69 Å². The highest BCUT2D eigenvalue weighted by atomic mass is 16.5. The number of ether oxygens (including phenoxy) is 1. The number of fused-ring (bicyclic) bond motifs is 1. The van der Waals surface area contributed by atoms with Crippen molar-refractivity contribution >= 4 is 17.3 Å². The van der Waals surface area contributed by atoms with Crippen molar-refractivity contribution in [3.63, 3.8) is 0 Å². The standard InChI is InChI=1S/C25H33N3O2/c1-19(2)20-4-7-22(8-5-20)28-15-13-27(14-16-28)12-3-17-30-23-9-10-24-21(18-23)6-11-25(29)26-24/h4-5,7-10,18-19H,3,6,11-17H2,1-2H3,(H,26,29). The number of aryl methyl sites for hydroxylation is 1. The van der Waals surface area contributed by atoms with Gasteiger partial charge in [-0.15, -0.1) is 0 Å². The van der Waals surface area contributed by atoms with Gasteiger partial charge >= 0.3 is 0 Å². The predicted molar refractivity (Wildman–Crippen MR) is 123 cm³/mol. The maximum absolute atomic E-state index is 11.5. The molecule has 1 N–H and O–H groups in total. The molecule has 5 nitrogen and oxygen atoms in total. The fourth-order valence-corrected chi connectivity index (χ4v) is 4.23. The van der Waals surface area contributed by atoms with Crippen LogP contribution < -0.4 is 15.0 Å². The molecule has 2 aliphatic heterocycles. The lowest BCUT2D eigenvalue weighted by atomic mass is 10.0. The number of benzene rings is 2. The van der Waals surface area contributed by atoms with Crippen molar-refractivity contribution in [2.24, 2.45) is 0 Å². The summed E-state index contributed by atoms with van der Waals surface area (Å²) in [4.78, 5) is 16.5. The molecule has 0 saturated carbocycles. The Morgan fingerprint density at radius 1 is 1.00 bits per heavy atom. The van der Waals surface area contributed by atoms with E-state index < -0.39 is 0 Å². The van der Waals surface area contributed by atoms with Gasteiger partial charge in [-0.2, -0.15) is 0 Å². The zero-order valence-electron chi connectivity index (χ0n) is 18.2. The third-order valence-corrected chi connectivity index (χ3v) is 6.16. The number of rotatable bonds is 7. The van der Waals surface area contributed by atoms with Crippen molar-refractivity contribution in [3.8, 4) is 5.75 Å². The molecule has 1 saturated heterocycles. The van der Waals surface area contributed by atoms with Crippen LogP contribution in [0.2, 0.25) is 0 Å². The van der Waals surface area contributed by atoms with E-state index in [1.807, 2.05) is 12.1 Å². The van der Waals surface area contributed by atoms with E-state index in [2.05, 4.69) is 59.3 Å². The monoisotopic (exact) mass is 407 g/mol. The average molecular weight is 408 g/mol. The molecule has 30 heavy (non-hydrogen) atoms. The van der Waals surface area contributed by atoms with Crippen LogP contribution in [0.5, 0.6) is 5.75 Å². The summed E-state index contributed by atoms with van der Waals surface area (Å²) in [7, 11) is 0. The van der Waals surface area contributed by atoms with Gasteiger partial charge < -0.3 is 15.0 Å². The van der Waals surface area contributed by atoms with Gasteiger partial charge in [0, 0.05) is 50.5 Å². The molecule has 2 aromatic carbocycles. The van der Waals surface area contributed by atoms with Crippen LogP contribution in [0.3, 0.4) is 0 Å². The molecule has 2 aromatic rings. The number of nitrogens with zero attached hydrogens (tertiary/aromatic N) is 2. The lowest BCUT2D eigenvalue weighted by Crippen LogP contribution is -2.46. The van der Waals surface area contributed by atoms with Crippen molar-refractivity contribution in [2.45, 2.75) is 39.0 Å². The van der Waals surface area contributed by atoms with E-state index in [-0.39, 0.29) is 5.91 Å². The number of carbonyl (C=O) groups is 1. The zero-order chi connectivity index (χ0) is 20.9.